The molecular weight excluding hydrogens is 400 g/mol. The minimum absolute atomic E-state index is 0.0144. The van der Waals surface area contributed by atoms with Crippen LogP contribution in [0.1, 0.15) is 38.7 Å². The van der Waals surface area contributed by atoms with E-state index in [1.54, 1.807) is 16.0 Å². The van der Waals surface area contributed by atoms with Gasteiger partial charge in [-0.05, 0) is 62.2 Å². The van der Waals surface area contributed by atoms with Gasteiger partial charge in [0.1, 0.15) is 6.54 Å². The molecule has 2 aromatic heterocycles. The van der Waals surface area contributed by atoms with E-state index in [-0.39, 0.29) is 18.0 Å². The fraction of sp³-hybridized carbons (Fsp3) is 0.318. The Labute approximate surface area is 178 Å². The largest absolute Gasteiger partial charge is 0.305 e. The van der Waals surface area contributed by atoms with E-state index in [0.29, 0.717) is 10.7 Å². The summed E-state index contributed by atoms with van der Waals surface area (Å²) in [5.41, 5.74) is 2.99. The highest BCUT2D eigenvalue weighted by Gasteiger charge is 2.39. The Bertz CT molecular complexity index is 1310. The minimum atomic E-state index is -0.267. The van der Waals surface area contributed by atoms with Crippen molar-refractivity contribution < 1.29 is 4.79 Å². The summed E-state index contributed by atoms with van der Waals surface area (Å²) >= 11 is 7.27. The van der Waals surface area contributed by atoms with E-state index in [1.165, 1.54) is 5.56 Å². The van der Waals surface area contributed by atoms with Gasteiger partial charge in [-0.1, -0.05) is 48.6 Å². The van der Waals surface area contributed by atoms with Crippen molar-refractivity contribution in [1.29, 1.82) is 0 Å². The quantitative estimate of drug-likeness (QED) is 0.406. The van der Waals surface area contributed by atoms with E-state index >= 15 is 0 Å². The maximum Gasteiger partial charge on any atom is 0.249 e. The zero-order valence-corrected chi connectivity index (χ0v) is 18.3. The average molecular weight is 423 g/mol. The molecule has 1 aliphatic heterocycles. The van der Waals surface area contributed by atoms with E-state index in [1.807, 2.05) is 45.7 Å². The third kappa shape index (κ3) is 2.83. The van der Waals surface area contributed by atoms with E-state index in [4.69, 9.17) is 12.2 Å². The van der Waals surface area contributed by atoms with Crippen LogP contribution < -0.4 is 4.90 Å². The van der Waals surface area contributed by atoms with Crippen LogP contribution in [-0.2, 0) is 11.3 Å². The first kappa shape index (κ1) is 18.5. The highest BCUT2D eigenvalue weighted by atomic mass is 32.1. The molecule has 0 N–H and O–H groups in total. The second-order valence-corrected chi connectivity index (χ2v) is 9.71. The number of para-hydroxylation sites is 2. The van der Waals surface area contributed by atoms with Crippen molar-refractivity contribution in [2.24, 2.45) is 0 Å². The lowest BCUT2D eigenvalue weighted by molar-refractivity contribution is -0.120. The van der Waals surface area contributed by atoms with Crippen LogP contribution >= 0.6 is 23.6 Å². The van der Waals surface area contributed by atoms with Crippen molar-refractivity contribution in [2.75, 3.05) is 4.90 Å². The van der Waals surface area contributed by atoms with Crippen molar-refractivity contribution in [2.45, 2.75) is 45.2 Å². The van der Waals surface area contributed by atoms with Crippen molar-refractivity contribution in [3.05, 3.63) is 58.9 Å². The minimum Gasteiger partial charge on any atom is -0.305 e. The molecule has 4 aromatic rings. The molecular formula is C22H22N4OS2. The molecule has 0 aliphatic carbocycles. The van der Waals surface area contributed by atoms with Crippen LogP contribution in [0.3, 0.4) is 0 Å². The number of thiazole rings is 1. The van der Waals surface area contributed by atoms with Gasteiger partial charge in [0.15, 0.2) is 0 Å². The number of anilines is 1. The molecule has 0 saturated heterocycles. The molecule has 1 amide bonds. The molecule has 1 atom stereocenters. The van der Waals surface area contributed by atoms with Crippen LogP contribution in [0.4, 0.5) is 5.69 Å². The van der Waals surface area contributed by atoms with Crippen molar-refractivity contribution >= 4 is 50.3 Å². The number of nitrogens with zero attached hydrogens (tertiary/aromatic N) is 4. The summed E-state index contributed by atoms with van der Waals surface area (Å²) in [5.74, 6) is 0.428. The van der Waals surface area contributed by atoms with Gasteiger partial charge < -0.3 is 4.90 Å². The van der Waals surface area contributed by atoms with Crippen molar-refractivity contribution in [3.63, 3.8) is 0 Å². The predicted molar refractivity (Wildman–Crippen MR) is 120 cm³/mol. The number of amides is 1. The molecule has 7 heteroatoms. The second-order valence-electron chi connectivity index (χ2n) is 8.33. The van der Waals surface area contributed by atoms with Crippen molar-refractivity contribution in [1.82, 2.24) is 14.2 Å². The third-order valence-electron chi connectivity index (χ3n) is 5.77. The van der Waals surface area contributed by atoms with Crippen LogP contribution in [-0.4, -0.2) is 25.6 Å². The summed E-state index contributed by atoms with van der Waals surface area (Å²) in [7, 11) is 0. The lowest BCUT2D eigenvalue weighted by Gasteiger charge is -2.46. The summed E-state index contributed by atoms with van der Waals surface area (Å²) in [4.78, 5) is 16.2. The number of benzene rings is 2. The normalized spacial score (nSPS) is 18.3. The fourth-order valence-electron chi connectivity index (χ4n) is 4.64. The lowest BCUT2D eigenvalue weighted by atomic mass is 9.80. The van der Waals surface area contributed by atoms with Gasteiger partial charge in [0.25, 0.3) is 0 Å². The van der Waals surface area contributed by atoms with E-state index in [9.17, 15) is 4.79 Å². The monoisotopic (exact) mass is 422 g/mol. The first-order valence-electron chi connectivity index (χ1n) is 9.76. The van der Waals surface area contributed by atoms with Gasteiger partial charge in [-0.25, -0.2) is 4.68 Å². The van der Waals surface area contributed by atoms with Crippen LogP contribution in [0.5, 0.6) is 0 Å². The lowest BCUT2D eigenvalue weighted by Crippen LogP contribution is -2.52. The number of hydrogen-bond acceptors (Lipinski definition) is 4. The highest BCUT2D eigenvalue weighted by Crippen LogP contribution is 2.43. The van der Waals surface area contributed by atoms with Gasteiger partial charge in [0.05, 0.1) is 10.2 Å². The Morgan fingerprint density at radius 2 is 1.93 bits per heavy atom. The SMILES string of the molecule is CC1CC(C)(C)N(C(=O)Cn2nc3sc4ccccc4n3c2=S)c2ccccc21. The highest BCUT2D eigenvalue weighted by molar-refractivity contribution is 7.71. The van der Waals surface area contributed by atoms with Crippen LogP contribution in [0.2, 0.25) is 0 Å². The summed E-state index contributed by atoms with van der Waals surface area (Å²) in [5, 5.41) is 4.65. The molecule has 148 valence electrons. The number of carbonyl (C=O) groups excluding carboxylic acids is 1. The van der Waals surface area contributed by atoms with Gasteiger partial charge in [0, 0.05) is 11.2 Å². The Hall–Kier alpha value is -2.51. The summed E-state index contributed by atoms with van der Waals surface area (Å²) in [6.07, 6.45) is 0.921. The van der Waals surface area contributed by atoms with Crippen LogP contribution in [0, 0.1) is 4.77 Å². The van der Waals surface area contributed by atoms with Crippen LogP contribution in [0.15, 0.2) is 48.5 Å². The molecule has 0 radical (unpaired) electrons. The molecule has 0 bridgehead atoms. The number of hydrogen-bond donors (Lipinski definition) is 0. The van der Waals surface area contributed by atoms with Gasteiger partial charge in [-0.15, -0.1) is 5.10 Å². The summed E-state index contributed by atoms with van der Waals surface area (Å²) in [6.45, 7) is 6.63. The molecule has 0 spiro atoms. The first-order chi connectivity index (χ1) is 13.9. The maximum absolute atomic E-state index is 13.5. The molecule has 0 fully saturated rings. The molecule has 2 aromatic carbocycles. The molecule has 29 heavy (non-hydrogen) atoms. The van der Waals surface area contributed by atoms with E-state index in [2.05, 4.69) is 38.0 Å². The second kappa shape index (κ2) is 6.50. The smallest absolute Gasteiger partial charge is 0.249 e. The Balaban J connectivity index is 1.56. The fourth-order valence-corrected chi connectivity index (χ4v) is 6.02. The van der Waals surface area contributed by atoms with Gasteiger partial charge >= 0.3 is 0 Å². The summed E-state index contributed by atoms with van der Waals surface area (Å²) in [6, 6.07) is 16.3. The molecule has 1 unspecified atom stereocenters. The predicted octanol–water partition coefficient (Wildman–Crippen LogP) is 5.40. The zero-order chi connectivity index (χ0) is 20.3. The molecule has 1 aliphatic rings. The topological polar surface area (TPSA) is 42.5 Å². The number of carbonyl (C=O) groups is 1. The van der Waals surface area contributed by atoms with Crippen LogP contribution in [0.25, 0.3) is 15.2 Å². The Morgan fingerprint density at radius 3 is 2.76 bits per heavy atom. The molecule has 5 rings (SSSR count). The number of fused-ring (bicyclic) bond motifs is 4. The Morgan fingerprint density at radius 1 is 1.21 bits per heavy atom. The van der Waals surface area contributed by atoms with Crippen molar-refractivity contribution in [3.8, 4) is 0 Å². The number of aromatic nitrogens is 3. The van der Waals surface area contributed by atoms with Gasteiger partial charge in [-0.3, -0.25) is 9.20 Å². The zero-order valence-electron chi connectivity index (χ0n) is 16.6. The van der Waals surface area contributed by atoms with E-state index < -0.39 is 0 Å². The number of rotatable bonds is 2. The first-order valence-corrected chi connectivity index (χ1v) is 11.0. The molecule has 3 heterocycles. The maximum atomic E-state index is 13.5. The average Bonchev–Trinajstić information content (AvgIpc) is 3.17. The third-order valence-corrected chi connectivity index (χ3v) is 7.18. The molecule has 0 saturated carbocycles. The standard InChI is InChI=1S/C22H22N4OS2/c1-14-12-22(2,3)26(16-9-5-4-8-15(14)16)19(27)13-24-21(28)25-17-10-6-7-11-18(17)29-20(25)23-24/h4-11,14H,12-13H2,1-3H3. The summed E-state index contributed by atoms with van der Waals surface area (Å²) < 4.78 is 5.31. The van der Waals surface area contributed by atoms with E-state index in [0.717, 1.165) is 27.3 Å². The van der Waals surface area contributed by atoms with Gasteiger partial charge in [0.2, 0.25) is 15.6 Å². The van der Waals surface area contributed by atoms with Gasteiger partial charge in [-0.2, -0.15) is 0 Å². The molecule has 5 nitrogen and oxygen atoms in total. The Kier molecular flexibility index (Phi) is 4.15.